The zero-order valence-electron chi connectivity index (χ0n) is 10.2. The average Bonchev–Trinajstić information content (AvgIpc) is 2.34. The van der Waals surface area contributed by atoms with Gasteiger partial charge in [-0.15, -0.1) is 24.0 Å². The first-order valence-electron chi connectivity index (χ1n) is 5.50. The molecule has 18 heavy (non-hydrogen) atoms. The number of aromatic nitrogens is 1. The number of guanidine groups is 1. The fourth-order valence-electron chi connectivity index (χ4n) is 1.07. The van der Waals surface area contributed by atoms with Crippen molar-refractivity contribution in [3.05, 3.63) is 23.4 Å². The van der Waals surface area contributed by atoms with Crippen LogP contribution in [-0.2, 0) is 0 Å². The Labute approximate surface area is 129 Å². The van der Waals surface area contributed by atoms with Gasteiger partial charge >= 0.3 is 0 Å². The zero-order valence-corrected chi connectivity index (χ0v) is 13.3. The zero-order chi connectivity index (χ0) is 12.5. The summed E-state index contributed by atoms with van der Waals surface area (Å²) in [4.78, 5) is 8.09. The van der Waals surface area contributed by atoms with Crippen molar-refractivity contribution in [1.29, 1.82) is 0 Å². The highest BCUT2D eigenvalue weighted by atomic mass is 127. The Bertz CT molecular complexity index is 359. The van der Waals surface area contributed by atoms with E-state index in [-0.39, 0.29) is 24.0 Å². The molecule has 102 valence electrons. The molecule has 0 amide bonds. The molecule has 0 aliphatic rings. The van der Waals surface area contributed by atoms with Gasteiger partial charge < -0.3 is 15.8 Å². The SMILES string of the molecule is CCCN=C(N)NCCOc1ccc(Cl)cn1.I. The van der Waals surface area contributed by atoms with E-state index in [1.54, 1.807) is 18.3 Å². The standard InChI is InChI=1S/C11H17ClN4O.HI/c1-2-5-14-11(13)15-6-7-17-10-4-3-9(12)8-16-10;/h3-4,8H,2,5-7H2,1H3,(H3,13,14,15);1H. The Hall–Kier alpha value is -0.760. The van der Waals surface area contributed by atoms with Crippen LogP contribution in [-0.4, -0.2) is 30.6 Å². The van der Waals surface area contributed by atoms with Crippen LogP contribution in [0.1, 0.15) is 13.3 Å². The summed E-state index contributed by atoms with van der Waals surface area (Å²) in [6.45, 7) is 3.84. The normalized spacial score (nSPS) is 10.7. The number of nitrogens with zero attached hydrogens (tertiary/aromatic N) is 2. The predicted molar refractivity (Wildman–Crippen MR) is 84.9 cm³/mol. The van der Waals surface area contributed by atoms with Crippen LogP contribution in [0.3, 0.4) is 0 Å². The number of aliphatic imine (C=N–C) groups is 1. The molecule has 0 radical (unpaired) electrons. The summed E-state index contributed by atoms with van der Waals surface area (Å²) in [7, 11) is 0. The molecule has 0 aliphatic carbocycles. The molecule has 0 bridgehead atoms. The lowest BCUT2D eigenvalue weighted by molar-refractivity contribution is 0.310. The van der Waals surface area contributed by atoms with Gasteiger partial charge in [-0.3, -0.25) is 4.99 Å². The second-order valence-electron chi connectivity index (χ2n) is 3.36. The Morgan fingerprint density at radius 1 is 1.56 bits per heavy atom. The summed E-state index contributed by atoms with van der Waals surface area (Å²) in [6.07, 6.45) is 2.52. The Kier molecular flexibility index (Phi) is 9.76. The highest BCUT2D eigenvalue weighted by molar-refractivity contribution is 14.0. The van der Waals surface area contributed by atoms with Gasteiger partial charge in [-0.2, -0.15) is 0 Å². The Morgan fingerprint density at radius 3 is 2.94 bits per heavy atom. The van der Waals surface area contributed by atoms with Crippen LogP contribution in [0.4, 0.5) is 0 Å². The van der Waals surface area contributed by atoms with Crippen molar-refractivity contribution in [3.8, 4) is 5.88 Å². The van der Waals surface area contributed by atoms with Gasteiger partial charge in [0.1, 0.15) is 6.61 Å². The molecule has 7 heteroatoms. The second kappa shape index (κ2) is 10.2. The minimum Gasteiger partial charge on any atom is -0.476 e. The maximum Gasteiger partial charge on any atom is 0.213 e. The highest BCUT2D eigenvalue weighted by Crippen LogP contribution is 2.10. The van der Waals surface area contributed by atoms with Crippen LogP contribution >= 0.6 is 35.6 Å². The lowest BCUT2D eigenvalue weighted by Crippen LogP contribution is -2.34. The molecule has 0 fully saturated rings. The average molecular weight is 385 g/mol. The minimum atomic E-state index is 0. The van der Waals surface area contributed by atoms with Gasteiger partial charge in [0.25, 0.3) is 0 Å². The molecule has 0 aromatic carbocycles. The number of hydrogen-bond acceptors (Lipinski definition) is 3. The van der Waals surface area contributed by atoms with Gasteiger partial charge in [-0.25, -0.2) is 4.98 Å². The van der Waals surface area contributed by atoms with E-state index < -0.39 is 0 Å². The van der Waals surface area contributed by atoms with E-state index in [1.807, 2.05) is 6.92 Å². The smallest absolute Gasteiger partial charge is 0.213 e. The van der Waals surface area contributed by atoms with Gasteiger partial charge in [-0.1, -0.05) is 18.5 Å². The summed E-state index contributed by atoms with van der Waals surface area (Å²) in [6, 6.07) is 3.45. The summed E-state index contributed by atoms with van der Waals surface area (Å²) in [5.74, 6) is 0.986. The van der Waals surface area contributed by atoms with E-state index in [2.05, 4.69) is 15.3 Å². The van der Waals surface area contributed by atoms with Gasteiger partial charge in [-0.05, 0) is 12.5 Å². The number of hydrogen-bond donors (Lipinski definition) is 2. The quantitative estimate of drug-likeness (QED) is 0.341. The van der Waals surface area contributed by atoms with Crippen molar-refractivity contribution in [1.82, 2.24) is 10.3 Å². The van der Waals surface area contributed by atoms with Crippen molar-refractivity contribution in [2.75, 3.05) is 19.7 Å². The topological polar surface area (TPSA) is 72.5 Å². The molecule has 1 rings (SSSR count). The number of halogens is 2. The molecular weight excluding hydrogens is 367 g/mol. The lowest BCUT2D eigenvalue weighted by atomic mass is 10.5. The molecule has 0 spiro atoms. The van der Waals surface area contributed by atoms with Crippen molar-refractivity contribution in [2.45, 2.75) is 13.3 Å². The fraction of sp³-hybridized carbons (Fsp3) is 0.455. The number of nitrogens with one attached hydrogen (secondary N) is 1. The molecule has 5 nitrogen and oxygen atoms in total. The largest absolute Gasteiger partial charge is 0.476 e. The molecule has 1 heterocycles. The third kappa shape index (κ3) is 7.54. The van der Waals surface area contributed by atoms with E-state index in [4.69, 9.17) is 22.1 Å². The molecule has 0 unspecified atom stereocenters. The van der Waals surface area contributed by atoms with Crippen molar-refractivity contribution in [2.24, 2.45) is 10.7 Å². The van der Waals surface area contributed by atoms with Crippen LogP contribution in [0.5, 0.6) is 5.88 Å². The van der Waals surface area contributed by atoms with E-state index in [9.17, 15) is 0 Å². The number of nitrogens with two attached hydrogens (primary N) is 1. The number of ether oxygens (including phenoxy) is 1. The van der Waals surface area contributed by atoms with Crippen LogP contribution in [0.25, 0.3) is 0 Å². The van der Waals surface area contributed by atoms with Gasteiger partial charge in [0.05, 0.1) is 11.6 Å². The summed E-state index contributed by atoms with van der Waals surface area (Å²) in [5, 5.41) is 3.54. The lowest BCUT2D eigenvalue weighted by Gasteiger charge is -2.07. The van der Waals surface area contributed by atoms with E-state index in [1.165, 1.54) is 0 Å². The fourth-order valence-corrected chi connectivity index (χ4v) is 1.18. The van der Waals surface area contributed by atoms with Gasteiger partial charge in [0.2, 0.25) is 5.88 Å². The van der Waals surface area contributed by atoms with Gasteiger partial charge in [0, 0.05) is 18.8 Å². The Morgan fingerprint density at radius 2 is 2.33 bits per heavy atom. The van der Waals surface area contributed by atoms with Crippen LogP contribution in [0.2, 0.25) is 5.02 Å². The molecule has 0 saturated carbocycles. The number of pyridine rings is 1. The molecule has 0 atom stereocenters. The summed E-state index contributed by atoms with van der Waals surface area (Å²) >= 11 is 5.70. The van der Waals surface area contributed by atoms with Crippen LogP contribution < -0.4 is 15.8 Å². The molecule has 0 saturated heterocycles. The first-order valence-corrected chi connectivity index (χ1v) is 5.88. The second-order valence-corrected chi connectivity index (χ2v) is 3.79. The predicted octanol–water partition coefficient (Wildman–Crippen LogP) is 2.05. The number of rotatable bonds is 6. The Balaban J connectivity index is 0.00000289. The molecular formula is C11H18ClIN4O. The monoisotopic (exact) mass is 384 g/mol. The maximum atomic E-state index is 5.70. The molecule has 1 aromatic heterocycles. The van der Waals surface area contributed by atoms with Crippen molar-refractivity contribution < 1.29 is 4.74 Å². The third-order valence-corrected chi connectivity index (χ3v) is 2.09. The van der Waals surface area contributed by atoms with E-state index in [0.29, 0.717) is 30.0 Å². The minimum absolute atomic E-state index is 0. The van der Waals surface area contributed by atoms with E-state index in [0.717, 1.165) is 13.0 Å². The van der Waals surface area contributed by atoms with Crippen molar-refractivity contribution in [3.63, 3.8) is 0 Å². The van der Waals surface area contributed by atoms with Gasteiger partial charge in [0.15, 0.2) is 5.96 Å². The summed E-state index contributed by atoms with van der Waals surface area (Å²) < 4.78 is 5.37. The van der Waals surface area contributed by atoms with Crippen LogP contribution in [0.15, 0.2) is 23.3 Å². The maximum absolute atomic E-state index is 5.70. The van der Waals surface area contributed by atoms with E-state index >= 15 is 0 Å². The molecule has 0 aliphatic heterocycles. The third-order valence-electron chi connectivity index (χ3n) is 1.86. The molecule has 1 aromatic rings. The first-order chi connectivity index (χ1) is 8.22. The first kappa shape index (κ1) is 17.2. The summed E-state index contributed by atoms with van der Waals surface area (Å²) in [5.41, 5.74) is 5.61. The highest BCUT2D eigenvalue weighted by Gasteiger charge is 1.95. The molecule has 3 N–H and O–H groups in total. The van der Waals surface area contributed by atoms with Crippen molar-refractivity contribution >= 4 is 41.5 Å². The van der Waals surface area contributed by atoms with Crippen LogP contribution in [0, 0.1) is 0 Å².